The van der Waals surface area contributed by atoms with Gasteiger partial charge in [-0.2, -0.15) is 0 Å². The van der Waals surface area contributed by atoms with Gasteiger partial charge in [0.2, 0.25) is 5.91 Å². The molecule has 1 amide bonds. The van der Waals surface area contributed by atoms with E-state index in [0.717, 1.165) is 38.2 Å². The molecule has 0 aliphatic carbocycles. The number of carbonyl (C=O) groups is 1. The lowest BCUT2D eigenvalue weighted by molar-refractivity contribution is -0.129. The summed E-state index contributed by atoms with van der Waals surface area (Å²) in [6.45, 7) is 2.55. The first-order valence-corrected chi connectivity index (χ1v) is 6.96. The second-order valence-corrected chi connectivity index (χ2v) is 5.84. The second kappa shape index (κ2) is 5.21. The standard InChI is InChI=1S/C11H20N2OS/c12-7-9-4-5-13(8-9)11(14)10-3-1-2-6-15-10/h9-10H,1-8,12H2. The third kappa shape index (κ3) is 2.67. The smallest absolute Gasteiger partial charge is 0.235 e. The van der Waals surface area contributed by atoms with Gasteiger partial charge in [0.1, 0.15) is 0 Å². The number of rotatable bonds is 2. The molecule has 2 N–H and O–H groups in total. The minimum Gasteiger partial charge on any atom is -0.341 e. The van der Waals surface area contributed by atoms with Crippen molar-refractivity contribution in [1.82, 2.24) is 4.90 Å². The molecule has 3 nitrogen and oxygen atoms in total. The third-order valence-electron chi connectivity index (χ3n) is 3.39. The molecule has 0 aromatic carbocycles. The molecule has 2 saturated heterocycles. The zero-order valence-corrected chi connectivity index (χ0v) is 9.97. The van der Waals surface area contributed by atoms with Gasteiger partial charge in [-0.1, -0.05) is 6.42 Å². The summed E-state index contributed by atoms with van der Waals surface area (Å²) < 4.78 is 0. The number of carbonyl (C=O) groups excluding carboxylic acids is 1. The number of nitrogens with two attached hydrogens (primary N) is 1. The van der Waals surface area contributed by atoms with E-state index in [1.54, 1.807) is 0 Å². The quantitative estimate of drug-likeness (QED) is 0.769. The van der Waals surface area contributed by atoms with E-state index in [1.807, 2.05) is 16.7 Å². The number of nitrogens with zero attached hydrogens (tertiary/aromatic N) is 1. The van der Waals surface area contributed by atoms with E-state index in [4.69, 9.17) is 5.73 Å². The Hall–Kier alpha value is -0.220. The van der Waals surface area contributed by atoms with Crippen molar-refractivity contribution in [2.24, 2.45) is 11.7 Å². The van der Waals surface area contributed by atoms with E-state index in [9.17, 15) is 4.79 Å². The number of hydrogen-bond donors (Lipinski definition) is 1. The number of likely N-dealkylation sites (tertiary alicyclic amines) is 1. The average molecular weight is 228 g/mol. The molecule has 2 unspecified atom stereocenters. The molecule has 2 atom stereocenters. The Labute approximate surface area is 95.8 Å². The highest BCUT2D eigenvalue weighted by Gasteiger charge is 2.31. The largest absolute Gasteiger partial charge is 0.341 e. The SMILES string of the molecule is NCC1CCN(C(=O)C2CCCCS2)C1. The van der Waals surface area contributed by atoms with Crippen molar-refractivity contribution in [3.8, 4) is 0 Å². The van der Waals surface area contributed by atoms with Crippen LogP contribution in [0.1, 0.15) is 25.7 Å². The first-order valence-electron chi connectivity index (χ1n) is 5.91. The molecule has 0 aromatic heterocycles. The Morgan fingerprint density at radius 2 is 2.27 bits per heavy atom. The molecule has 2 heterocycles. The molecule has 2 aliphatic rings. The molecule has 0 saturated carbocycles. The maximum atomic E-state index is 12.1. The van der Waals surface area contributed by atoms with Crippen LogP contribution in [0.25, 0.3) is 0 Å². The molecular formula is C11H20N2OS. The molecule has 0 spiro atoms. The fourth-order valence-corrected chi connectivity index (χ4v) is 3.64. The van der Waals surface area contributed by atoms with Gasteiger partial charge in [-0.05, 0) is 37.5 Å². The Kier molecular flexibility index (Phi) is 3.92. The van der Waals surface area contributed by atoms with E-state index in [0.29, 0.717) is 11.8 Å². The van der Waals surface area contributed by atoms with E-state index in [1.165, 1.54) is 12.8 Å². The maximum absolute atomic E-state index is 12.1. The van der Waals surface area contributed by atoms with Crippen LogP contribution < -0.4 is 5.73 Å². The predicted molar refractivity (Wildman–Crippen MR) is 63.8 cm³/mol. The fraction of sp³-hybridized carbons (Fsp3) is 0.909. The summed E-state index contributed by atoms with van der Waals surface area (Å²) in [5.41, 5.74) is 5.63. The zero-order chi connectivity index (χ0) is 10.7. The molecule has 15 heavy (non-hydrogen) atoms. The lowest BCUT2D eigenvalue weighted by atomic mass is 10.1. The van der Waals surface area contributed by atoms with Crippen LogP contribution in [0.15, 0.2) is 0 Å². The van der Waals surface area contributed by atoms with Gasteiger partial charge in [0, 0.05) is 13.1 Å². The summed E-state index contributed by atoms with van der Waals surface area (Å²) in [4.78, 5) is 14.2. The van der Waals surface area contributed by atoms with Crippen molar-refractivity contribution in [1.29, 1.82) is 0 Å². The summed E-state index contributed by atoms with van der Waals surface area (Å²) in [5, 5.41) is 0.246. The monoisotopic (exact) mass is 228 g/mol. The Morgan fingerprint density at radius 1 is 1.40 bits per heavy atom. The highest BCUT2D eigenvalue weighted by atomic mass is 32.2. The van der Waals surface area contributed by atoms with Gasteiger partial charge < -0.3 is 10.6 Å². The van der Waals surface area contributed by atoms with Crippen LogP contribution in [0.2, 0.25) is 0 Å². The zero-order valence-electron chi connectivity index (χ0n) is 9.15. The minimum absolute atomic E-state index is 0.246. The van der Waals surface area contributed by atoms with Crippen molar-refractivity contribution in [3.05, 3.63) is 0 Å². The Bertz CT molecular complexity index is 229. The third-order valence-corrected chi connectivity index (χ3v) is 4.75. The molecule has 2 aliphatic heterocycles. The van der Waals surface area contributed by atoms with Gasteiger partial charge >= 0.3 is 0 Å². The Balaban J connectivity index is 1.85. The molecule has 86 valence electrons. The van der Waals surface area contributed by atoms with Crippen LogP contribution >= 0.6 is 11.8 Å². The van der Waals surface area contributed by atoms with Gasteiger partial charge in [-0.3, -0.25) is 4.79 Å². The van der Waals surface area contributed by atoms with Gasteiger partial charge in [0.25, 0.3) is 0 Å². The average Bonchev–Trinajstić information content (AvgIpc) is 2.78. The summed E-state index contributed by atoms with van der Waals surface area (Å²) >= 11 is 1.84. The molecule has 0 radical (unpaired) electrons. The molecule has 0 aromatic rings. The first-order chi connectivity index (χ1) is 7.31. The van der Waals surface area contributed by atoms with Gasteiger partial charge in [-0.25, -0.2) is 0 Å². The van der Waals surface area contributed by atoms with E-state index >= 15 is 0 Å². The topological polar surface area (TPSA) is 46.3 Å². The summed E-state index contributed by atoms with van der Waals surface area (Å²) in [6.07, 6.45) is 4.67. The van der Waals surface area contributed by atoms with Crippen LogP contribution in [0.4, 0.5) is 0 Å². The lowest BCUT2D eigenvalue weighted by Crippen LogP contribution is -2.37. The minimum atomic E-state index is 0.246. The van der Waals surface area contributed by atoms with Gasteiger partial charge in [0.05, 0.1) is 5.25 Å². The molecule has 0 bridgehead atoms. The van der Waals surface area contributed by atoms with E-state index < -0.39 is 0 Å². The number of amides is 1. The molecular weight excluding hydrogens is 208 g/mol. The van der Waals surface area contributed by atoms with Crippen molar-refractivity contribution < 1.29 is 4.79 Å². The molecule has 2 rings (SSSR count). The predicted octanol–water partition coefficient (Wildman–Crippen LogP) is 1.08. The van der Waals surface area contributed by atoms with Crippen LogP contribution in [-0.4, -0.2) is 41.4 Å². The second-order valence-electron chi connectivity index (χ2n) is 4.53. The van der Waals surface area contributed by atoms with Gasteiger partial charge in [0.15, 0.2) is 0 Å². The number of thioether (sulfide) groups is 1. The van der Waals surface area contributed by atoms with Crippen molar-refractivity contribution in [2.45, 2.75) is 30.9 Å². The highest BCUT2D eigenvalue weighted by Crippen LogP contribution is 2.28. The summed E-state index contributed by atoms with van der Waals surface area (Å²) in [7, 11) is 0. The highest BCUT2D eigenvalue weighted by molar-refractivity contribution is 8.00. The van der Waals surface area contributed by atoms with Crippen LogP contribution in [0.3, 0.4) is 0 Å². The Morgan fingerprint density at radius 3 is 2.87 bits per heavy atom. The van der Waals surface area contributed by atoms with Crippen LogP contribution in [0.5, 0.6) is 0 Å². The lowest BCUT2D eigenvalue weighted by Gasteiger charge is -2.25. The molecule has 4 heteroatoms. The molecule has 2 fully saturated rings. The maximum Gasteiger partial charge on any atom is 0.235 e. The first kappa shape index (κ1) is 11.3. The number of hydrogen-bond acceptors (Lipinski definition) is 3. The van der Waals surface area contributed by atoms with Crippen molar-refractivity contribution in [2.75, 3.05) is 25.4 Å². The van der Waals surface area contributed by atoms with Crippen LogP contribution in [-0.2, 0) is 4.79 Å². The van der Waals surface area contributed by atoms with E-state index in [-0.39, 0.29) is 5.25 Å². The summed E-state index contributed by atoms with van der Waals surface area (Å²) in [6, 6.07) is 0. The normalized spacial score (nSPS) is 31.9. The van der Waals surface area contributed by atoms with Crippen LogP contribution in [0, 0.1) is 5.92 Å². The van der Waals surface area contributed by atoms with Gasteiger partial charge in [-0.15, -0.1) is 11.8 Å². The summed E-state index contributed by atoms with van der Waals surface area (Å²) in [5.74, 6) is 2.07. The van der Waals surface area contributed by atoms with E-state index in [2.05, 4.69) is 0 Å². The van der Waals surface area contributed by atoms with Crippen molar-refractivity contribution in [3.63, 3.8) is 0 Å². The fourth-order valence-electron chi connectivity index (χ4n) is 2.36. The van der Waals surface area contributed by atoms with Crippen molar-refractivity contribution >= 4 is 17.7 Å².